The van der Waals surface area contributed by atoms with E-state index in [2.05, 4.69) is 32.9 Å². The predicted octanol–water partition coefficient (Wildman–Crippen LogP) is 6.66. The van der Waals surface area contributed by atoms with Crippen LogP contribution in [0.2, 0.25) is 0 Å². The molecule has 0 spiro atoms. The van der Waals surface area contributed by atoms with Gasteiger partial charge in [-0.1, -0.05) is 39.7 Å². The molecule has 2 fully saturated rings. The largest absolute Gasteiger partial charge is 0.427 e. The van der Waals surface area contributed by atoms with Crippen molar-refractivity contribution in [2.45, 2.75) is 91.4 Å². The fourth-order valence-corrected chi connectivity index (χ4v) is 7.13. The van der Waals surface area contributed by atoms with Crippen LogP contribution in [0.5, 0.6) is 5.75 Å². The number of carbonyl (C=O) groups excluding carboxylic acids is 1. The van der Waals surface area contributed by atoms with Crippen LogP contribution in [0.4, 0.5) is 0 Å². The molecular weight excluding hydrogens is 332 g/mol. The molecule has 0 bridgehead atoms. The van der Waals surface area contributed by atoms with Crippen molar-refractivity contribution in [1.82, 2.24) is 0 Å². The SMILES string of the molecule is CCCC[C@@]1(C)CC[C@H]2[C@@H]3CCc4cc(OC(C)=O)ccc4[C@H]3CC[C@@]21C. The summed E-state index contributed by atoms with van der Waals surface area (Å²) in [5.41, 5.74) is 4.04. The smallest absolute Gasteiger partial charge is 0.308 e. The molecule has 0 unspecified atom stereocenters. The Morgan fingerprint density at radius 3 is 2.74 bits per heavy atom. The van der Waals surface area contributed by atoms with E-state index in [4.69, 9.17) is 4.74 Å². The van der Waals surface area contributed by atoms with Crippen LogP contribution in [-0.4, -0.2) is 5.97 Å². The number of carbonyl (C=O) groups is 1. The van der Waals surface area contributed by atoms with Gasteiger partial charge in [-0.05, 0) is 96.8 Å². The average molecular weight is 369 g/mol. The van der Waals surface area contributed by atoms with Crippen LogP contribution < -0.4 is 4.74 Å². The topological polar surface area (TPSA) is 26.3 Å². The van der Waals surface area contributed by atoms with Gasteiger partial charge in [0.05, 0.1) is 0 Å². The van der Waals surface area contributed by atoms with E-state index >= 15 is 0 Å². The molecule has 2 nitrogen and oxygen atoms in total. The molecule has 2 heteroatoms. The Balaban J connectivity index is 1.59. The van der Waals surface area contributed by atoms with Crippen LogP contribution in [0, 0.1) is 22.7 Å². The molecule has 148 valence electrons. The zero-order valence-electron chi connectivity index (χ0n) is 17.6. The van der Waals surface area contributed by atoms with Crippen molar-refractivity contribution in [1.29, 1.82) is 0 Å². The second-order valence-corrected chi connectivity index (χ2v) is 10.0. The molecule has 4 rings (SSSR count). The number of hydrogen-bond acceptors (Lipinski definition) is 2. The zero-order valence-corrected chi connectivity index (χ0v) is 17.6. The minimum atomic E-state index is -0.227. The van der Waals surface area contributed by atoms with Gasteiger partial charge in [-0.2, -0.15) is 0 Å². The lowest BCUT2D eigenvalue weighted by atomic mass is 9.50. The van der Waals surface area contributed by atoms with Gasteiger partial charge in [0.1, 0.15) is 5.75 Å². The van der Waals surface area contributed by atoms with E-state index < -0.39 is 0 Å². The fraction of sp³-hybridized carbons (Fsp3) is 0.720. The van der Waals surface area contributed by atoms with Crippen molar-refractivity contribution in [2.24, 2.45) is 22.7 Å². The Labute approximate surface area is 165 Å². The maximum Gasteiger partial charge on any atom is 0.308 e. The van der Waals surface area contributed by atoms with Crippen molar-refractivity contribution < 1.29 is 9.53 Å². The molecule has 0 saturated heterocycles. The highest BCUT2D eigenvalue weighted by atomic mass is 16.5. The second-order valence-electron chi connectivity index (χ2n) is 10.0. The number of benzene rings is 1. The van der Waals surface area contributed by atoms with Crippen LogP contribution in [0.1, 0.15) is 96.1 Å². The summed E-state index contributed by atoms with van der Waals surface area (Å²) in [7, 11) is 0. The second kappa shape index (κ2) is 6.94. The van der Waals surface area contributed by atoms with Gasteiger partial charge in [0.25, 0.3) is 0 Å². The Morgan fingerprint density at radius 1 is 1.19 bits per heavy atom. The van der Waals surface area contributed by atoms with Crippen LogP contribution >= 0.6 is 0 Å². The van der Waals surface area contributed by atoms with Crippen molar-refractivity contribution >= 4 is 5.97 Å². The lowest BCUT2D eigenvalue weighted by molar-refractivity contribution is -0.131. The molecular formula is C25H36O2. The van der Waals surface area contributed by atoms with E-state index in [0.29, 0.717) is 22.5 Å². The van der Waals surface area contributed by atoms with E-state index in [1.165, 1.54) is 63.9 Å². The van der Waals surface area contributed by atoms with Crippen LogP contribution in [0.3, 0.4) is 0 Å². The van der Waals surface area contributed by atoms with Gasteiger partial charge in [-0.25, -0.2) is 0 Å². The van der Waals surface area contributed by atoms with E-state index in [9.17, 15) is 4.79 Å². The van der Waals surface area contributed by atoms with Crippen LogP contribution in [-0.2, 0) is 11.2 Å². The lowest BCUT2D eigenvalue weighted by Gasteiger charge is -2.54. The third kappa shape index (κ3) is 3.04. The first kappa shape index (κ1) is 19.0. The number of esters is 1. The first-order chi connectivity index (χ1) is 12.9. The van der Waals surface area contributed by atoms with Crippen molar-refractivity contribution in [3.63, 3.8) is 0 Å². The Hall–Kier alpha value is -1.31. The standard InChI is InChI=1S/C25H36O2/c1-5-6-13-24(3)14-12-23-22-9-7-18-16-19(27-17(2)26)8-10-20(18)21(22)11-15-25(23,24)4/h8,10,16,21-23H,5-7,9,11-15H2,1-4H3/t21-,22-,23+,24+,25+/m1/s1. The highest BCUT2D eigenvalue weighted by Gasteiger charge is 2.59. The van der Waals surface area contributed by atoms with E-state index in [-0.39, 0.29) is 5.97 Å². The number of rotatable bonds is 4. The number of hydrogen-bond donors (Lipinski definition) is 0. The number of fused-ring (bicyclic) bond motifs is 5. The summed E-state index contributed by atoms with van der Waals surface area (Å²) in [6.07, 6.45) is 12.1. The van der Waals surface area contributed by atoms with Crippen LogP contribution in [0.25, 0.3) is 0 Å². The van der Waals surface area contributed by atoms with Crippen molar-refractivity contribution in [2.75, 3.05) is 0 Å². The molecule has 3 aliphatic carbocycles. The van der Waals surface area contributed by atoms with Gasteiger partial charge < -0.3 is 4.74 Å². The normalized spacial score (nSPS) is 37.3. The van der Waals surface area contributed by atoms with Gasteiger partial charge in [0.15, 0.2) is 0 Å². The van der Waals surface area contributed by atoms with Gasteiger partial charge in [-0.3, -0.25) is 4.79 Å². The number of unbranched alkanes of at least 4 members (excludes halogenated alkanes) is 1. The first-order valence-corrected chi connectivity index (χ1v) is 11.2. The fourth-order valence-electron chi connectivity index (χ4n) is 7.13. The first-order valence-electron chi connectivity index (χ1n) is 11.2. The molecule has 0 heterocycles. The summed E-state index contributed by atoms with van der Waals surface area (Å²) in [4.78, 5) is 11.3. The molecule has 0 radical (unpaired) electrons. The summed E-state index contributed by atoms with van der Waals surface area (Å²) < 4.78 is 5.33. The molecule has 1 aromatic carbocycles. The zero-order chi connectivity index (χ0) is 19.2. The monoisotopic (exact) mass is 368 g/mol. The average Bonchev–Trinajstić information content (AvgIpc) is 2.91. The molecule has 0 aromatic heterocycles. The molecule has 3 aliphatic rings. The van der Waals surface area contributed by atoms with E-state index in [1.807, 2.05) is 6.07 Å². The Morgan fingerprint density at radius 2 is 2.00 bits per heavy atom. The van der Waals surface area contributed by atoms with Crippen molar-refractivity contribution in [3.05, 3.63) is 29.3 Å². The Kier molecular flexibility index (Phi) is 4.89. The molecule has 27 heavy (non-hydrogen) atoms. The highest BCUT2D eigenvalue weighted by molar-refractivity contribution is 5.69. The maximum absolute atomic E-state index is 11.3. The van der Waals surface area contributed by atoms with E-state index in [1.54, 1.807) is 5.56 Å². The molecule has 0 amide bonds. The van der Waals surface area contributed by atoms with Gasteiger partial charge in [0, 0.05) is 6.92 Å². The summed E-state index contributed by atoms with van der Waals surface area (Å²) in [5.74, 6) is 2.94. The minimum absolute atomic E-state index is 0.227. The van der Waals surface area contributed by atoms with Crippen LogP contribution in [0.15, 0.2) is 18.2 Å². The van der Waals surface area contributed by atoms with Crippen molar-refractivity contribution in [3.8, 4) is 5.75 Å². The predicted molar refractivity (Wildman–Crippen MR) is 110 cm³/mol. The summed E-state index contributed by atoms with van der Waals surface area (Å²) >= 11 is 0. The molecule has 1 aromatic rings. The summed E-state index contributed by atoms with van der Waals surface area (Å²) in [5, 5.41) is 0. The van der Waals surface area contributed by atoms with Gasteiger partial charge in [-0.15, -0.1) is 0 Å². The highest BCUT2D eigenvalue weighted by Crippen LogP contribution is 2.68. The quantitative estimate of drug-likeness (QED) is 0.438. The molecule has 2 saturated carbocycles. The third-order valence-corrected chi connectivity index (χ3v) is 8.82. The van der Waals surface area contributed by atoms with Gasteiger partial charge in [0.2, 0.25) is 0 Å². The lowest BCUT2D eigenvalue weighted by Crippen LogP contribution is -2.46. The van der Waals surface area contributed by atoms with Gasteiger partial charge >= 0.3 is 5.97 Å². The molecule has 0 aliphatic heterocycles. The third-order valence-electron chi connectivity index (χ3n) is 8.82. The molecule has 5 atom stereocenters. The number of ether oxygens (including phenoxy) is 1. The summed E-state index contributed by atoms with van der Waals surface area (Å²) in [6, 6.07) is 6.40. The number of aryl methyl sites for hydroxylation is 1. The minimum Gasteiger partial charge on any atom is -0.427 e. The molecule has 0 N–H and O–H groups in total. The Bertz CT molecular complexity index is 723. The van der Waals surface area contributed by atoms with E-state index in [0.717, 1.165) is 18.3 Å². The maximum atomic E-state index is 11.3. The summed E-state index contributed by atoms with van der Waals surface area (Å²) in [6.45, 7) is 9.05.